The van der Waals surface area contributed by atoms with E-state index in [-0.39, 0.29) is 11.5 Å². The predicted octanol–water partition coefficient (Wildman–Crippen LogP) is 3.00. The van der Waals surface area contributed by atoms with Crippen LogP contribution in [-0.4, -0.2) is 11.9 Å². The van der Waals surface area contributed by atoms with E-state index in [1.165, 1.54) is 5.56 Å². The quantitative estimate of drug-likeness (QED) is 0.779. The summed E-state index contributed by atoms with van der Waals surface area (Å²) in [5, 5.41) is 0. The van der Waals surface area contributed by atoms with Gasteiger partial charge in [0.05, 0.1) is 5.41 Å². The summed E-state index contributed by atoms with van der Waals surface area (Å²) in [5.74, 6) is 1.18. The summed E-state index contributed by atoms with van der Waals surface area (Å²) in [4.78, 5) is 11.4. The van der Waals surface area contributed by atoms with Crippen molar-refractivity contribution in [2.75, 3.05) is 0 Å². The summed E-state index contributed by atoms with van der Waals surface area (Å²) in [6.07, 6.45) is 1.58. The Balaban J connectivity index is 2.07. The van der Waals surface area contributed by atoms with Gasteiger partial charge >= 0.3 is 0 Å². The van der Waals surface area contributed by atoms with E-state index in [2.05, 4.69) is 19.1 Å². The topological polar surface area (TPSA) is 26.3 Å². The number of benzene rings is 1. The second kappa shape index (κ2) is 3.93. The second-order valence-corrected chi connectivity index (χ2v) is 4.96. The minimum atomic E-state index is -0.317. The molecule has 86 valence electrons. The molecule has 1 unspecified atom stereocenters. The summed E-state index contributed by atoms with van der Waals surface area (Å²) in [7, 11) is 0. The highest BCUT2D eigenvalue weighted by atomic mass is 16.5. The number of rotatable bonds is 3. The van der Waals surface area contributed by atoms with Crippen LogP contribution in [0.15, 0.2) is 24.3 Å². The summed E-state index contributed by atoms with van der Waals surface area (Å²) >= 11 is 0. The second-order valence-electron chi connectivity index (χ2n) is 4.96. The zero-order valence-corrected chi connectivity index (χ0v) is 10.1. The number of carbonyl (C=O) groups is 1. The molecule has 1 atom stereocenters. The Bertz CT molecular complexity index is 407. The van der Waals surface area contributed by atoms with Crippen LogP contribution in [0.4, 0.5) is 0 Å². The summed E-state index contributed by atoms with van der Waals surface area (Å²) in [6.45, 7) is 6.02. The number of Topliss-reactive ketones (excluding diaryl/α,β-unsaturated/α-hetero) is 1. The van der Waals surface area contributed by atoms with Crippen molar-refractivity contribution in [3.05, 3.63) is 29.8 Å². The standard InChI is InChI=1S/C14H18O2/c1-4-10-6-5-7-11(8-10)16-13-9-12(15)14(13,2)3/h5-8,13H,4,9H2,1-3H3. The van der Waals surface area contributed by atoms with E-state index in [9.17, 15) is 4.79 Å². The maximum Gasteiger partial charge on any atom is 0.145 e. The third-order valence-corrected chi connectivity index (χ3v) is 3.48. The lowest BCUT2D eigenvalue weighted by Crippen LogP contribution is -2.52. The van der Waals surface area contributed by atoms with Crippen molar-refractivity contribution in [1.29, 1.82) is 0 Å². The van der Waals surface area contributed by atoms with E-state index in [0.717, 1.165) is 12.2 Å². The number of aryl methyl sites for hydroxylation is 1. The van der Waals surface area contributed by atoms with E-state index in [1.807, 2.05) is 26.0 Å². The normalized spacial score (nSPS) is 22.7. The lowest BCUT2D eigenvalue weighted by atomic mass is 9.68. The van der Waals surface area contributed by atoms with Crippen LogP contribution < -0.4 is 4.74 Å². The third kappa shape index (κ3) is 1.84. The van der Waals surface area contributed by atoms with E-state index in [0.29, 0.717) is 12.2 Å². The first-order valence-corrected chi connectivity index (χ1v) is 5.83. The Labute approximate surface area is 96.6 Å². The van der Waals surface area contributed by atoms with E-state index >= 15 is 0 Å². The third-order valence-electron chi connectivity index (χ3n) is 3.48. The smallest absolute Gasteiger partial charge is 0.145 e. The van der Waals surface area contributed by atoms with Gasteiger partial charge in [-0.1, -0.05) is 19.1 Å². The lowest BCUT2D eigenvalue weighted by Gasteiger charge is -2.41. The SMILES string of the molecule is CCc1cccc(OC2CC(=O)C2(C)C)c1. The summed E-state index contributed by atoms with van der Waals surface area (Å²) < 4.78 is 5.86. The molecular formula is C14H18O2. The van der Waals surface area contributed by atoms with Gasteiger partial charge in [0.2, 0.25) is 0 Å². The van der Waals surface area contributed by atoms with Crippen molar-refractivity contribution in [3.8, 4) is 5.75 Å². The van der Waals surface area contributed by atoms with Crippen LogP contribution in [0.1, 0.15) is 32.8 Å². The number of ketones is 1. The minimum absolute atomic E-state index is 0.0344. The Morgan fingerprint density at radius 3 is 2.75 bits per heavy atom. The van der Waals surface area contributed by atoms with Gasteiger partial charge in [0.15, 0.2) is 0 Å². The van der Waals surface area contributed by atoms with Gasteiger partial charge in [0.1, 0.15) is 17.6 Å². The molecule has 1 aromatic carbocycles. The highest BCUT2D eigenvalue weighted by molar-refractivity contribution is 5.91. The van der Waals surface area contributed by atoms with Gasteiger partial charge in [-0.25, -0.2) is 0 Å². The molecule has 2 rings (SSSR count). The molecular weight excluding hydrogens is 200 g/mol. The summed E-state index contributed by atoms with van der Waals surface area (Å²) in [5.41, 5.74) is 0.948. The van der Waals surface area contributed by atoms with Gasteiger partial charge in [0.25, 0.3) is 0 Å². The van der Waals surface area contributed by atoms with Crippen molar-refractivity contribution in [2.45, 2.75) is 39.7 Å². The molecule has 0 bridgehead atoms. The monoisotopic (exact) mass is 218 g/mol. The number of hydrogen-bond donors (Lipinski definition) is 0. The zero-order valence-electron chi connectivity index (χ0n) is 10.1. The first-order chi connectivity index (χ1) is 7.54. The molecule has 2 heteroatoms. The fourth-order valence-electron chi connectivity index (χ4n) is 1.93. The van der Waals surface area contributed by atoms with Crippen LogP contribution in [0.25, 0.3) is 0 Å². The minimum Gasteiger partial charge on any atom is -0.489 e. The Kier molecular flexibility index (Phi) is 2.75. The van der Waals surface area contributed by atoms with Gasteiger partial charge in [-0.05, 0) is 38.0 Å². The Morgan fingerprint density at radius 1 is 1.44 bits per heavy atom. The Hall–Kier alpha value is -1.31. The molecule has 1 aromatic rings. The predicted molar refractivity (Wildman–Crippen MR) is 63.6 cm³/mol. The molecule has 1 fully saturated rings. The molecule has 0 amide bonds. The number of hydrogen-bond acceptors (Lipinski definition) is 2. The van der Waals surface area contributed by atoms with Crippen LogP contribution >= 0.6 is 0 Å². The van der Waals surface area contributed by atoms with Crippen molar-refractivity contribution in [3.63, 3.8) is 0 Å². The van der Waals surface area contributed by atoms with Crippen LogP contribution in [-0.2, 0) is 11.2 Å². The largest absolute Gasteiger partial charge is 0.489 e. The van der Waals surface area contributed by atoms with Crippen molar-refractivity contribution >= 4 is 5.78 Å². The average molecular weight is 218 g/mol. The molecule has 0 spiro atoms. The van der Waals surface area contributed by atoms with Crippen molar-refractivity contribution in [2.24, 2.45) is 5.41 Å². The Morgan fingerprint density at radius 2 is 2.19 bits per heavy atom. The molecule has 0 N–H and O–H groups in total. The molecule has 0 saturated heterocycles. The van der Waals surface area contributed by atoms with Gasteiger partial charge in [-0.2, -0.15) is 0 Å². The van der Waals surface area contributed by atoms with Crippen LogP contribution in [0.5, 0.6) is 5.75 Å². The molecule has 0 aromatic heterocycles. The molecule has 0 aliphatic heterocycles. The molecule has 16 heavy (non-hydrogen) atoms. The lowest BCUT2D eigenvalue weighted by molar-refractivity contribution is -0.148. The molecule has 0 heterocycles. The first-order valence-electron chi connectivity index (χ1n) is 5.83. The number of carbonyl (C=O) groups excluding carboxylic acids is 1. The molecule has 0 radical (unpaired) electrons. The van der Waals surface area contributed by atoms with Crippen molar-refractivity contribution in [1.82, 2.24) is 0 Å². The average Bonchev–Trinajstić information content (AvgIpc) is 2.29. The van der Waals surface area contributed by atoms with Gasteiger partial charge in [-0.15, -0.1) is 0 Å². The van der Waals surface area contributed by atoms with Crippen molar-refractivity contribution < 1.29 is 9.53 Å². The maximum atomic E-state index is 11.4. The van der Waals surface area contributed by atoms with Crippen LogP contribution in [0.2, 0.25) is 0 Å². The fraction of sp³-hybridized carbons (Fsp3) is 0.500. The highest BCUT2D eigenvalue weighted by Crippen LogP contribution is 2.39. The van der Waals surface area contributed by atoms with E-state index in [4.69, 9.17) is 4.74 Å². The highest BCUT2D eigenvalue weighted by Gasteiger charge is 2.49. The fourth-order valence-corrected chi connectivity index (χ4v) is 1.93. The van der Waals surface area contributed by atoms with Gasteiger partial charge in [0, 0.05) is 6.42 Å². The molecule has 2 nitrogen and oxygen atoms in total. The maximum absolute atomic E-state index is 11.4. The number of ether oxygens (including phenoxy) is 1. The molecule has 1 saturated carbocycles. The van der Waals surface area contributed by atoms with Gasteiger partial charge < -0.3 is 4.74 Å². The van der Waals surface area contributed by atoms with Crippen LogP contribution in [0, 0.1) is 5.41 Å². The van der Waals surface area contributed by atoms with E-state index in [1.54, 1.807) is 0 Å². The zero-order chi connectivity index (χ0) is 11.8. The van der Waals surface area contributed by atoms with E-state index < -0.39 is 0 Å². The molecule has 1 aliphatic rings. The van der Waals surface area contributed by atoms with Crippen LogP contribution in [0.3, 0.4) is 0 Å². The van der Waals surface area contributed by atoms with Gasteiger partial charge in [-0.3, -0.25) is 4.79 Å². The first kappa shape index (κ1) is 11.2. The summed E-state index contributed by atoms with van der Waals surface area (Å²) in [6, 6.07) is 8.10. The molecule has 1 aliphatic carbocycles.